The summed E-state index contributed by atoms with van der Waals surface area (Å²) in [6, 6.07) is 72.8. The summed E-state index contributed by atoms with van der Waals surface area (Å²) in [4.78, 5) is 2.45. The smallest absolute Gasteiger partial charge is 0.143 e. The molecule has 0 aliphatic carbocycles. The lowest BCUT2D eigenvalue weighted by Crippen LogP contribution is -2.10. The van der Waals surface area contributed by atoms with Gasteiger partial charge >= 0.3 is 0 Å². The molecule has 12 rings (SSSR count). The fraction of sp³-hybridized carbons (Fsp3) is 0. The third-order valence-corrected chi connectivity index (χ3v) is 12.8. The minimum Gasteiger partial charge on any atom is -0.455 e. The molecule has 2 heterocycles. The zero-order valence-corrected chi connectivity index (χ0v) is 31.6. The zero-order chi connectivity index (χ0) is 37.5. The van der Waals surface area contributed by atoms with Crippen LogP contribution in [0.3, 0.4) is 0 Å². The van der Waals surface area contributed by atoms with Crippen LogP contribution in [0.15, 0.2) is 205 Å². The van der Waals surface area contributed by atoms with Crippen molar-refractivity contribution in [3.63, 3.8) is 0 Å². The second kappa shape index (κ2) is 12.7. The van der Waals surface area contributed by atoms with Gasteiger partial charge in [-0.15, -0.1) is 11.3 Å². The Bertz CT molecular complexity index is 3540. The second-order valence-corrected chi connectivity index (χ2v) is 15.9. The highest BCUT2D eigenvalue weighted by Crippen LogP contribution is 2.48. The number of fused-ring (bicyclic) bond motifs is 10. The van der Waals surface area contributed by atoms with E-state index in [2.05, 4.69) is 205 Å². The Morgan fingerprint density at radius 1 is 0.368 bits per heavy atom. The van der Waals surface area contributed by atoms with E-state index in [0.717, 1.165) is 55.7 Å². The van der Waals surface area contributed by atoms with E-state index >= 15 is 0 Å². The molecule has 0 bridgehead atoms. The minimum absolute atomic E-state index is 0.893. The van der Waals surface area contributed by atoms with E-state index < -0.39 is 0 Å². The van der Waals surface area contributed by atoms with Crippen LogP contribution in [0.1, 0.15) is 0 Å². The SMILES string of the molecule is c1ccc(-c2ccc(-c3ccc(N(c4ccc5c(ccc6ccccc65)c4)c4ccc5sc6ccccc6c5c4)c4ccccc34)c3c2oc2ccccc23)cc1. The molecule has 10 aromatic carbocycles. The number of rotatable bonds is 5. The van der Waals surface area contributed by atoms with E-state index in [-0.39, 0.29) is 0 Å². The third-order valence-electron chi connectivity index (χ3n) is 11.6. The van der Waals surface area contributed by atoms with Crippen LogP contribution in [-0.4, -0.2) is 0 Å². The van der Waals surface area contributed by atoms with Crippen LogP contribution < -0.4 is 4.90 Å². The summed E-state index contributed by atoms with van der Waals surface area (Å²) in [6.45, 7) is 0. The maximum absolute atomic E-state index is 6.70. The van der Waals surface area contributed by atoms with Crippen LogP contribution in [0.5, 0.6) is 0 Å². The van der Waals surface area contributed by atoms with Gasteiger partial charge in [-0.25, -0.2) is 0 Å². The summed E-state index contributed by atoms with van der Waals surface area (Å²) in [5, 5.41) is 12.2. The largest absolute Gasteiger partial charge is 0.455 e. The molecule has 2 nitrogen and oxygen atoms in total. The number of furan rings is 1. The molecular weight excluding hydrogens is 711 g/mol. The van der Waals surface area contributed by atoms with Gasteiger partial charge in [-0.2, -0.15) is 0 Å². The van der Waals surface area contributed by atoms with Crippen molar-refractivity contribution in [1.82, 2.24) is 0 Å². The zero-order valence-electron chi connectivity index (χ0n) is 30.8. The van der Waals surface area contributed by atoms with Crippen LogP contribution in [0.2, 0.25) is 0 Å². The van der Waals surface area contributed by atoms with Gasteiger partial charge in [-0.1, -0.05) is 146 Å². The maximum atomic E-state index is 6.70. The number of para-hydroxylation sites is 1. The highest BCUT2D eigenvalue weighted by molar-refractivity contribution is 7.25. The molecule has 0 saturated heterocycles. The molecule has 0 atom stereocenters. The molecule has 0 unspecified atom stereocenters. The molecule has 3 heteroatoms. The van der Waals surface area contributed by atoms with Crippen molar-refractivity contribution < 1.29 is 4.42 Å². The number of anilines is 3. The van der Waals surface area contributed by atoms with E-state index in [1.165, 1.54) is 58.1 Å². The summed E-state index contributed by atoms with van der Waals surface area (Å²) in [6.07, 6.45) is 0. The first-order valence-corrected chi connectivity index (χ1v) is 20.2. The minimum atomic E-state index is 0.893. The number of hydrogen-bond donors (Lipinski definition) is 0. The Kier molecular flexibility index (Phi) is 7.13. The van der Waals surface area contributed by atoms with Gasteiger partial charge in [-0.05, 0) is 98.2 Å². The first kappa shape index (κ1) is 32.1. The van der Waals surface area contributed by atoms with Gasteiger partial charge < -0.3 is 9.32 Å². The van der Waals surface area contributed by atoms with Gasteiger partial charge in [0, 0.05) is 53.3 Å². The monoisotopic (exact) mass is 743 g/mol. The number of hydrogen-bond acceptors (Lipinski definition) is 3. The average molecular weight is 744 g/mol. The van der Waals surface area contributed by atoms with Crippen molar-refractivity contribution >= 4 is 103 Å². The lowest BCUT2D eigenvalue weighted by molar-refractivity contribution is 0.670. The molecule has 57 heavy (non-hydrogen) atoms. The second-order valence-electron chi connectivity index (χ2n) is 14.8. The summed E-state index contributed by atoms with van der Waals surface area (Å²) in [5.74, 6) is 0. The van der Waals surface area contributed by atoms with Crippen molar-refractivity contribution in [2.45, 2.75) is 0 Å². The summed E-state index contributed by atoms with van der Waals surface area (Å²) >= 11 is 1.85. The van der Waals surface area contributed by atoms with E-state index in [4.69, 9.17) is 4.42 Å². The Morgan fingerprint density at radius 2 is 1.00 bits per heavy atom. The van der Waals surface area contributed by atoms with Crippen molar-refractivity contribution in [1.29, 1.82) is 0 Å². The van der Waals surface area contributed by atoms with Gasteiger partial charge in [-0.3, -0.25) is 0 Å². The predicted molar refractivity (Wildman–Crippen MR) is 245 cm³/mol. The van der Waals surface area contributed by atoms with Gasteiger partial charge in [0.2, 0.25) is 0 Å². The Morgan fingerprint density at radius 3 is 1.89 bits per heavy atom. The molecule has 0 saturated carbocycles. The first-order chi connectivity index (χ1) is 28.3. The molecule has 0 N–H and O–H groups in total. The third kappa shape index (κ3) is 5.03. The molecule has 0 amide bonds. The fourth-order valence-electron chi connectivity index (χ4n) is 9.03. The van der Waals surface area contributed by atoms with Gasteiger partial charge in [0.15, 0.2) is 0 Å². The van der Waals surface area contributed by atoms with Crippen LogP contribution >= 0.6 is 11.3 Å². The normalized spacial score (nSPS) is 11.9. The van der Waals surface area contributed by atoms with Crippen molar-refractivity contribution in [3.8, 4) is 22.3 Å². The molecule has 0 aliphatic rings. The Labute approximate surface area is 333 Å². The van der Waals surface area contributed by atoms with E-state index in [9.17, 15) is 0 Å². The van der Waals surface area contributed by atoms with E-state index in [0.29, 0.717) is 0 Å². The van der Waals surface area contributed by atoms with Crippen LogP contribution in [0.4, 0.5) is 17.1 Å². The lowest BCUT2D eigenvalue weighted by atomic mass is 9.91. The van der Waals surface area contributed by atoms with Crippen molar-refractivity contribution in [3.05, 3.63) is 200 Å². The standard InChI is InChI=1S/C54H33NOS/c1-2-12-34(13-3-1)41-27-28-46(53-47-19-8-10-20-50(47)56-54(41)53)43-29-30-49(44-17-7-6-16-42(43)44)55(38-25-31-52-48(33-38)45-18-9-11-21-51(45)57-52)37-24-26-40-36(32-37)23-22-35-14-4-5-15-39(35)40/h1-33H. The van der Waals surface area contributed by atoms with E-state index in [1.807, 2.05) is 11.3 Å². The molecule has 0 radical (unpaired) electrons. The molecule has 0 fully saturated rings. The van der Waals surface area contributed by atoms with Crippen LogP contribution in [-0.2, 0) is 0 Å². The fourth-order valence-corrected chi connectivity index (χ4v) is 10.1. The molecule has 2 aromatic heterocycles. The van der Waals surface area contributed by atoms with Crippen LogP contribution in [0.25, 0.3) is 96.7 Å². The van der Waals surface area contributed by atoms with Crippen molar-refractivity contribution in [2.75, 3.05) is 4.90 Å². The lowest BCUT2D eigenvalue weighted by Gasteiger charge is -2.28. The summed E-state index contributed by atoms with van der Waals surface area (Å²) in [7, 11) is 0. The number of benzene rings is 10. The highest BCUT2D eigenvalue weighted by atomic mass is 32.1. The molecule has 12 aromatic rings. The van der Waals surface area contributed by atoms with Crippen molar-refractivity contribution in [2.24, 2.45) is 0 Å². The average Bonchev–Trinajstić information content (AvgIpc) is 3.85. The highest BCUT2D eigenvalue weighted by Gasteiger charge is 2.22. The first-order valence-electron chi connectivity index (χ1n) is 19.4. The van der Waals surface area contributed by atoms with E-state index in [1.54, 1.807) is 0 Å². The summed E-state index contributed by atoms with van der Waals surface area (Å²) in [5.41, 5.74) is 9.75. The molecule has 0 aliphatic heterocycles. The molecule has 0 spiro atoms. The maximum Gasteiger partial charge on any atom is 0.143 e. The van der Waals surface area contributed by atoms with Crippen LogP contribution in [0, 0.1) is 0 Å². The number of thiophene rings is 1. The Balaban J connectivity index is 1.11. The molecular formula is C54H33NOS. The summed E-state index contributed by atoms with van der Waals surface area (Å²) < 4.78 is 9.30. The quantitative estimate of drug-likeness (QED) is 0.163. The predicted octanol–water partition coefficient (Wildman–Crippen LogP) is 16.2. The number of nitrogens with zero attached hydrogens (tertiary/aromatic N) is 1. The van der Waals surface area contributed by atoms with Gasteiger partial charge in [0.25, 0.3) is 0 Å². The topological polar surface area (TPSA) is 16.4 Å². The Hall–Kier alpha value is -7.20. The van der Waals surface area contributed by atoms with Gasteiger partial charge in [0.1, 0.15) is 11.2 Å². The molecule has 266 valence electrons. The van der Waals surface area contributed by atoms with Gasteiger partial charge in [0.05, 0.1) is 5.69 Å².